The van der Waals surface area contributed by atoms with Gasteiger partial charge in [-0.25, -0.2) is 4.90 Å². The van der Waals surface area contributed by atoms with E-state index in [2.05, 4.69) is 131 Å². The average molecular weight is 795 g/mol. The fraction of sp³-hybridized carbons (Fsp3) is 0.457. The lowest BCUT2D eigenvalue weighted by molar-refractivity contribution is -0.120. The van der Waals surface area contributed by atoms with E-state index in [1.165, 1.54) is 85.4 Å². The summed E-state index contributed by atoms with van der Waals surface area (Å²) >= 11 is 0. The Bertz CT molecular complexity index is 1770. The Kier molecular flexibility index (Phi) is 11.7. The highest BCUT2D eigenvalue weighted by Crippen LogP contribution is 2.78. The summed E-state index contributed by atoms with van der Waals surface area (Å²) < 4.78 is 10.3. The van der Waals surface area contributed by atoms with Crippen LogP contribution in [0.1, 0.15) is 83.5 Å². The van der Waals surface area contributed by atoms with Gasteiger partial charge in [-0.15, -0.1) is 0 Å². The highest BCUT2D eigenvalue weighted by atomic mass is 31.2. The number of nitrogens with zero attached hydrogens (tertiary/aromatic N) is 2. The van der Waals surface area contributed by atoms with E-state index in [4.69, 9.17) is 4.74 Å². The van der Waals surface area contributed by atoms with Crippen molar-refractivity contribution in [1.82, 2.24) is 9.57 Å². The number of benzene rings is 4. The molecule has 4 nitrogen and oxygen atoms in total. The molecule has 5 fully saturated rings. The van der Waals surface area contributed by atoms with Gasteiger partial charge in [0.05, 0.1) is 6.35 Å². The standard InChI is InChI=1S/C46H58N2O2P4/c49-36-54(42-28-15-5-16-29-42,43-30-17-6-18-31-43)46(47-34-19-33-45(47)50-37-51-45)44(52(38-20-7-1-8-21-38)39-22-9-2-10-23-39)32-35-48(46)53(40-24-11-3-12-25-40)41-26-13-4-14-27-41/h1-2,5-10,15-18,20-23,28-31,36,40-41,44,49,51H,3-4,11-14,19,24-27,32-35,37H2/t44?,45-,46?/m0/s1. The van der Waals surface area contributed by atoms with E-state index in [-0.39, 0.29) is 11.1 Å². The van der Waals surface area contributed by atoms with Gasteiger partial charge in [0.2, 0.25) is 0 Å². The molecule has 1 spiro atoms. The molecule has 0 radical (unpaired) electrons. The van der Waals surface area contributed by atoms with Gasteiger partial charge in [0.25, 0.3) is 0 Å². The molecule has 4 atom stereocenters. The van der Waals surface area contributed by atoms with Crippen LogP contribution in [-0.2, 0) is 4.74 Å². The molecule has 54 heavy (non-hydrogen) atoms. The molecule has 8 heteroatoms. The van der Waals surface area contributed by atoms with Crippen molar-refractivity contribution in [2.75, 3.05) is 19.4 Å². The molecule has 3 saturated heterocycles. The number of rotatable bonds is 10. The van der Waals surface area contributed by atoms with Gasteiger partial charge in [-0.05, 0) is 102 Å². The van der Waals surface area contributed by atoms with Gasteiger partial charge >= 0.3 is 0 Å². The van der Waals surface area contributed by atoms with Crippen LogP contribution >= 0.6 is 31.5 Å². The first kappa shape index (κ1) is 37.9. The zero-order valence-corrected chi connectivity index (χ0v) is 35.4. The fourth-order valence-corrected chi connectivity index (χ4v) is 25.9. The van der Waals surface area contributed by atoms with E-state index in [9.17, 15) is 5.11 Å². The maximum absolute atomic E-state index is 12.8. The maximum Gasteiger partial charge on any atom is 0.142 e. The van der Waals surface area contributed by atoms with Crippen LogP contribution in [0.4, 0.5) is 0 Å². The molecule has 4 aromatic rings. The van der Waals surface area contributed by atoms with Crippen molar-refractivity contribution in [2.45, 2.75) is 111 Å². The molecule has 0 amide bonds. The molecule has 9 rings (SSSR count). The second-order valence-corrected chi connectivity index (χ2v) is 26.0. The molecule has 2 saturated carbocycles. The van der Waals surface area contributed by atoms with Crippen molar-refractivity contribution < 1.29 is 9.84 Å². The van der Waals surface area contributed by atoms with Crippen LogP contribution in [0.5, 0.6) is 0 Å². The lowest BCUT2D eigenvalue weighted by Gasteiger charge is -2.65. The summed E-state index contributed by atoms with van der Waals surface area (Å²) in [6, 6.07) is 45.9. The number of ether oxygens (including phenoxy) is 1. The average Bonchev–Trinajstić information content (AvgIpc) is 3.85. The smallest absolute Gasteiger partial charge is 0.142 e. The Labute approximate surface area is 328 Å². The van der Waals surface area contributed by atoms with E-state index < -0.39 is 28.3 Å². The number of aliphatic hydroxyl groups excluding tert-OH is 1. The van der Waals surface area contributed by atoms with Crippen LogP contribution in [-0.4, -0.2) is 67.9 Å². The van der Waals surface area contributed by atoms with E-state index in [1.807, 2.05) is 5.98 Å². The van der Waals surface area contributed by atoms with E-state index in [1.54, 1.807) is 0 Å². The Balaban J connectivity index is 1.41. The summed E-state index contributed by atoms with van der Waals surface area (Å²) in [5, 5.41) is 17.9. The molecule has 284 valence electrons. The van der Waals surface area contributed by atoms with Gasteiger partial charge in [0.15, 0.2) is 0 Å². The Morgan fingerprint density at radius 1 is 0.630 bits per heavy atom. The van der Waals surface area contributed by atoms with Crippen LogP contribution in [0.25, 0.3) is 0 Å². The van der Waals surface area contributed by atoms with Crippen molar-refractivity contribution in [2.24, 2.45) is 0 Å². The SMILES string of the molecule is OC=P(c1ccccc1)(c1ccccc1)C1(N2CCC[C@@]23OCP3)C(P(c2ccccc2)c2ccccc2)CCN1P(C1CCCCC1)C1CCCCC1. The van der Waals surface area contributed by atoms with Crippen LogP contribution in [0, 0.1) is 0 Å². The molecule has 3 aliphatic heterocycles. The van der Waals surface area contributed by atoms with Crippen molar-refractivity contribution in [3.63, 3.8) is 0 Å². The molecule has 0 bridgehead atoms. The quantitative estimate of drug-likeness (QED) is 0.162. The minimum Gasteiger partial charge on any atom is -0.368 e. The van der Waals surface area contributed by atoms with Crippen molar-refractivity contribution in [1.29, 1.82) is 0 Å². The molecule has 3 unspecified atom stereocenters. The number of likely N-dealkylation sites (tertiary alicyclic amines) is 1. The Morgan fingerprint density at radius 3 is 1.56 bits per heavy atom. The summed E-state index contributed by atoms with van der Waals surface area (Å²) in [6.45, 7) is -0.688. The number of hydrogen-bond acceptors (Lipinski definition) is 3. The summed E-state index contributed by atoms with van der Waals surface area (Å²) in [5.74, 6) is 1.82. The molecule has 2 aliphatic carbocycles. The minimum absolute atomic E-state index is 0.271. The lowest BCUT2D eigenvalue weighted by Crippen LogP contribution is -2.70. The molecule has 3 heterocycles. The van der Waals surface area contributed by atoms with Gasteiger partial charge in [0.1, 0.15) is 10.9 Å². The zero-order chi connectivity index (χ0) is 36.4. The second-order valence-electron chi connectivity index (χ2n) is 16.1. The van der Waals surface area contributed by atoms with Crippen LogP contribution in [0.3, 0.4) is 0 Å². The number of aliphatic hydroxyl groups is 1. The minimum atomic E-state index is -2.79. The second kappa shape index (κ2) is 16.7. The molecule has 1 N–H and O–H groups in total. The third-order valence-corrected chi connectivity index (χ3v) is 26.2. The fourth-order valence-electron chi connectivity index (χ4n) is 11.2. The van der Waals surface area contributed by atoms with Crippen LogP contribution in [0.2, 0.25) is 0 Å². The topological polar surface area (TPSA) is 35.9 Å². The maximum atomic E-state index is 12.8. The third-order valence-electron chi connectivity index (χ3n) is 13.4. The summed E-state index contributed by atoms with van der Waals surface area (Å²) in [4.78, 5) is 3.00. The molecule has 0 aromatic heterocycles. The van der Waals surface area contributed by atoms with Crippen molar-refractivity contribution in [3.05, 3.63) is 121 Å². The van der Waals surface area contributed by atoms with E-state index in [0.717, 1.165) is 58.6 Å². The Hall–Kier alpha value is -1.69. The van der Waals surface area contributed by atoms with Gasteiger partial charge < -0.3 is 9.84 Å². The summed E-state index contributed by atoms with van der Waals surface area (Å²) in [7, 11) is -0.608. The molecule has 5 aliphatic rings. The first-order valence-electron chi connectivity index (χ1n) is 20.8. The van der Waals surface area contributed by atoms with Gasteiger partial charge in [-0.2, -0.15) is 0 Å². The van der Waals surface area contributed by atoms with Gasteiger partial charge in [0, 0.05) is 31.6 Å². The normalized spacial score (nSPS) is 27.9. The zero-order valence-electron chi connectivity index (χ0n) is 31.8. The molecule has 4 aromatic carbocycles. The van der Waals surface area contributed by atoms with E-state index >= 15 is 0 Å². The predicted octanol–water partition coefficient (Wildman–Crippen LogP) is 10.1. The summed E-state index contributed by atoms with van der Waals surface area (Å²) in [5.41, 5.74) is 1.48. The molecular weight excluding hydrogens is 736 g/mol. The predicted molar refractivity (Wildman–Crippen MR) is 238 cm³/mol. The van der Waals surface area contributed by atoms with E-state index in [0.29, 0.717) is 0 Å². The largest absolute Gasteiger partial charge is 0.368 e. The van der Waals surface area contributed by atoms with Gasteiger partial charge in [-0.1, -0.05) is 160 Å². The molecular formula is C46H58N2O2P4. The monoisotopic (exact) mass is 794 g/mol. The van der Waals surface area contributed by atoms with Crippen molar-refractivity contribution in [3.8, 4) is 0 Å². The van der Waals surface area contributed by atoms with Crippen LogP contribution < -0.4 is 21.2 Å². The lowest BCUT2D eigenvalue weighted by atomic mass is 10.00. The van der Waals surface area contributed by atoms with Crippen molar-refractivity contribution >= 4 is 58.7 Å². The van der Waals surface area contributed by atoms with Gasteiger partial charge in [-0.3, -0.25) is 4.67 Å². The first-order chi connectivity index (χ1) is 26.7. The number of hydrogen-bond donors (Lipinski definition) is 1. The Morgan fingerprint density at radius 2 is 1.11 bits per heavy atom. The highest BCUT2D eigenvalue weighted by Gasteiger charge is 2.70. The summed E-state index contributed by atoms with van der Waals surface area (Å²) in [6.07, 6.45) is 17.9. The highest BCUT2D eigenvalue weighted by molar-refractivity contribution is 7.90. The first-order valence-corrected chi connectivity index (χ1v) is 26.7. The third kappa shape index (κ3) is 6.39. The van der Waals surface area contributed by atoms with Crippen LogP contribution in [0.15, 0.2) is 121 Å².